The zero-order valence-corrected chi connectivity index (χ0v) is 17.9. The Hall–Kier alpha value is -4.86. The number of nitrogens with one attached hydrogen (secondary N) is 3. The fraction of sp³-hybridized carbons (Fsp3) is 0.0833. The normalized spacial score (nSPS) is 15.6. The maximum Gasteiger partial charge on any atom is 0.337 e. The van der Waals surface area contributed by atoms with Crippen LogP contribution < -0.4 is 20.9 Å². The molecule has 3 amide bonds. The molecule has 0 bridgehead atoms. The fourth-order valence-corrected chi connectivity index (χ4v) is 3.89. The van der Waals surface area contributed by atoms with Crippen LogP contribution in [0.5, 0.6) is 5.75 Å². The number of nitrogens with zero attached hydrogens (tertiary/aromatic N) is 3. The summed E-state index contributed by atoms with van der Waals surface area (Å²) in [5.74, 6) is -0.0945. The number of methoxy groups -OCH3 is 1. The monoisotopic (exact) mass is 454 g/mol. The second kappa shape index (κ2) is 8.58. The number of hydrazine groups is 1. The molecule has 0 saturated heterocycles. The second-order valence-electron chi connectivity index (χ2n) is 7.48. The van der Waals surface area contributed by atoms with Gasteiger partial charge in [0.2, 0.25) is 0 Å². The predicted molar refractivity (Wildman–Crippen MR) is 122 cm³/mol. The zero-order valence-electron chi connectivity index (χ0n) is 17.9. The molecule has 0 saturated carbocycles. The van der Waals surface area contributed by atoms with Gasteiger partial charge in [-0.1, -0.05) is 12.1 Å². The van der Waals surface area contributed by atoms with Gasteiger partial charge in [-0.3, -0.25) is 20.0 Å². The number of aromatic nitrogens is 1. The van der Waals surface area contributed by atoms with E-state index >= 15 is 0 Å². The number of amides is 3. The molecular formula is C24H18N6O4. The smallest absolute Gasteiger partial charge is 0.337 e. The number of carbonyl (C=O) groups excluding carboxylic acids is 3. The first-order chi connectivity index (χ1) is 16.6. The van der Waals surface area contributed by atoms with Crippen molar-refractivity contribution in [2.75, 3.05) is 12.4 Å². The van der Waals surface area contributed by atoms with Crippen LogP contribution in [-0.4, -0.2) is 29.8 Å². The molecule has 1 aromatic heterocycles. The van der Waals surface area contributed by atoms with E-state index in [4.69, 9.17) is 4.74 Å². The Morgan fingerprint density at radius 3 is 2.56 bits per heavy atom. The number of anilines is 1. The lowest BCUT2D eigenvalue weighted by Gasteiger charge is -2.11. The first kappa shape index (κ1) is 21.0. The van der Waals surface area contributed by atoms with Crippen molar-refractivity contribution >= 4 is 29.1 Å². The van der Waals surface area contributed by atoms with Gasteiger partial charge in [-0.15, -0.1) is 0 Å². The van der Waals surface area contributed by atoms with E-state index in [1.54, 1.807) is 49.6 Å². The van der Waals surface area contributed by atoms with Crippen molar-refractivity contribution in [1.29, 1.82) is 0 Å². The molecule has 0 spiro atoms. The molecule has 34 heavy (non-hydrogen) atoms. The number of benzene rings is 2. The Morgan fingerprint density at radius 1 is 1.00 bits per heavy atom. The molecule has 1 aliphatic carbocycles. The third kappa shape index (κ3) is 3.66. The van der Waals surface area contributed by atoms with E-state index in [0.29, 0.717) is 33.8 Å². The van der Waals surface area contributed by atoms with Gasteiger partial charge < -0.3 is 10.1 Å². The first-order valence-corrected chi connectivity index (χ1v) is 10.3. The van der Waals surface area contributed by atoms with Crippen LogP contribution in [0.4, 0.5) is 10.5 Å². The van der Waals surface area contributed by atoms with Gasteiger partial charge in [-0.25, -0.2) is 10.2 Å². The molecule has 3 N–H and O–H groups in total. The van der Waals surface area contributed by atoms with Crippen molar-refractivity contribution in [1.82, 2.24) is 15.8 Å². The van der Waals surface area contributed by atoms with Crippen LogP contribution in [0.2, 0.25) is 0 Å². The van der Waals surface area contributed by atoms with E-state index < -0.39 is 18.0 Å². The maximum absolute atomic E-state index is 13.4. The minimum absolute atomic E-state index is 0.258. The third-order valence-corrected chi connectivity index (χ3v) is 5.49. The maximum atomic E-state index is 13.4. The summed E-state index contributed by atoms with van der Waals surface area (Å²) in [6.07, 6.45) is 2.91. The van der Waals surface area contributed by atoms with Crippen molar-refractivity contribution in [2.24, 2.45) is 10.2 Å². The fourth-order valence-electron chi connectivity index (χ4n) is 3.89. The van der Waals surface area contributed by atoms with Gasteiger partial charge in [-0.05, 0) is 48.0 Å². The average molecular weight is 454 g/mol. The quantitative estimate of drug-likeness (QED) is 0.517. The van der Waals surface area contributed by atoms with Crippen molar-refractivity contribution < 1.29 is 19.1 Å². The number of azo groups is 1. The van der Waals surface area contributed by atoms with Crippen LogP contribution in [0.1, 0.15) is 37.9 Å². The number of pyridine rings is 1. The van der Waals surface area contributed by atoms with E-state index in [-0.39, 0.29) is 11.3 Å². The van der Waals surface area contributed by atoms with Crippen molar-refractivity contribution in [2.45, 2.75) is 6.04 Å². The summed E-state index contributed by atoms with van der Waals surface area (Å²) in [7, 11) is 1.58. The lowest BCUT2D eigenvalue weighted by atomic mass is 10.0. The number of hydrogen-bond donors (Lipinski definition) is 3. The molecule has 0 fully saturated rings. The zero-order chi connectivity index (χ0) is 23.7. The molecule has 1 aliphatic heterocycles. The molecular weight excluding hydrogens is 436 g/mol. The molecule has 1 unspecified atom stereocenters. The summed E-state index contributed by atoms with van der Waals surface area (Å²) in [5.41, 5.74) is 7.87. The van der Waals surface area contributed by atoms with E-state index in [2.05, 4.69) is 31.4 Å². The van der Waals surface area contributed by atoms with Gasteiger partial charge in [0.15, 0.2) is 5.78 Å². The Morgan fingerprint density at radius 2 is 1.82 bits per heavy atom. The van der Waals surface area contributed by atoms with Crippen molar-refractivity contribution in [3.8, 4) is 5.75 Å². The predicted octanol–water partition coefficient (Wildman–Crippen LogP) is 3.67. The van der Waals surface area contributed by atoms with Gasteiger partial charge in [0.1, 0.15) is 17.5 Å². The Bertz CT molecular complexity index is 1370. The highest BCUT2D eigenvalue weighted by molar-refractivity contribution is 6.22. The first-order valence-electron chi connectivity index (χ1n) is 10.3. The number of urea groups is 1. The molecule has 1 atom stereocenters. The molecule has 3 aromatic rings. The summed E-state index contributed by atoms with van der Waals surface area (Å²) < 4.78 is 5.19. The summed E-state index contributed by atoms with van der Waals surface area (Å²) in [6.45, 7) is 0. The summed E-state index contributed by atoms with van der Waals surface area (Å²) in [5, 5.41) is 11.2. The highest BCUT2D eigenvalue weighted by atomic mass is 16.5. The molecule has 2 heterocycles. The Labute approximate surface area is 193 Å². The number of ether oxygens (including phenoxy) is 1. The number of fused-ring (bicyclic) bond motifs is 3. The largest absolute Gasteiger partial charge is 0.497 e. The lowest BCUT2D eigenvalue weighted by Crippen LogP contribution is -2.44. The van der Waals surface area contributed by atoms with E-state index in [9.17, 15) is 14.4 Å². The lowest BCUT2D eigenvalue weighted by molar-refractivity contribution is 0.0937. The summed E-state index contributed by atoms with van der Waals surface area (Å²) in [6, 6.07) is 14.3. The van der Waals surface area contributed by atoms with Crippen molar-refractivity contribution in [3.63, 3.8) is 0 Å². The topological polar surface area (TPSA) is 134 Å². The number of rotatable bonds is 4. The molecule has 10 nitrogen and oxygen atoms in total. The highest BCUT2D eigenvalue weighted by Crippen LogP contribution is 2.48. The number of carbonyl (C=O) groups is 3. The minimum atomic E-state index is -0.707. The van der Waals surface area contributed by atoms with E-state index in [1.807, 2.05) is 12.1 Å². The SMILES string of the molecule is COc1ccc(C2=C3C(=O)c4c(NC(=O)NNC(=O)c5cccnc5)cccc4C3N=N2)cc1. The van der Waals surface area contributed by atoms with Crippen LogP contribution in [0.25, 0.3) is 5.70 Å². The third-order valence-electron chi connectivity index (χ3n) is 5.49. The van der Waals surface area contributed by atoms with Gasteiger partial charge in [0.25, 0.3) is 5.91 Å². The van der Waals surface area contributed by atoms with E-state index in [1.165, 1.54) is 12.4 Å². The Balaban J connectivity index is 1.36. The van der Waals surface area contributed by atoms with E-state index in [0.717, 1.165) is 5.56 Å². The molecule has 168 valence electrons. The molecule has 5 rings (SSSR count). The molecule has 2 aliphatic rings. The minimum Gasteiger partial charge on any atom is -0.497 e. The van der Waals surface area contributed by atoms with Gasteiger partial charge in [0.05, 0.1) is 29.5 Å². The molecule has 0 radical (unpaired) electrons. The van der Waals surface area contributed by atoms with Gasteiger partial charge in [0, 0.05) is 18.0 Å². The van der Waals surface area contributed by atoms with Crippen LogP contribution in [0.3, 0.4) is 0 Å². The molecule has 2 aromatic carbocycles. The number of Topliss-reactive ketones (excluding diaryl/α,β-unsaturated/α-hetero) is 1. The number of ketones is 1. The standard InChI is InChI=1S/C24H18N6O4/c1-34-15-9-7-13(8-10-15)20-19-21(28-27-20)16-5-2-6-17(18(16)22(19)31)26-24(33)30-29-23(32)14-4-3-11-25-12-14/h2-12,21H,1H3,(H,29,32)(H2,26,30,33). The highest BCUT2D eigenvalue weighted by Gasteiger charge is 2.42. The summed E-state index contributed by atoms with van der Waals surface area (Å²) in [4.78, 5) is 41.8. The van der Waals surface area contributed by atoms with Crippen LogP contribution >= 0.6 is 0 Å². The van der Waals surface area contributed by atoms with Gasteiger partial charge >= 0.3 is 6.03 Å². The van der Waals surface area contributed by atoms with Crippen molar-refractivity contribution in [3.05, 3.63) is 94.8 Å². The Kier molecular flexibility index (Phi) is 5.30. The van der Waals surface area contributed by atoms with Crippen LogP contribution in [-0.2, 0) is 0 Å². The van der Waals surface area contributed by atoms with Gasteiger partial charge in [-0.2, -0.15) is 10.2 Å². The average Bonchev–Trinajstić information content (AvgIpc) is 3.43. The van der Waals surface area contributed by atoms with Crippen LogP contribution in [0, 0.1) is 0 Å². The number of hydrogen-bond acceptors (Lipinski definition) is 7. The molecule has 10 heteroatoms. The second-order valence-corrected chi connectivity index (χ2v) is 7.48. The summed E-state index contributed by atoms with van der Waals surface area (Å²) >= 11 is 0. The van der Waals surface area contributed by atoms with Crippen LogP contribution in [0.15, 0.2) is 82.8 Å².